The van der Waals surface area contributed by atoms with Crippen molar-refractivity contribution >= 4 is 56.9 Å². The Labute approximate surface area is 317 Å². The van der Waals surface area contributed by atoms with Crippen LogP contribution >= 0.6 is 27.7 Å². The van der Waals surface area contributed by atoms with Crippen molar-refractivity contribution in [3.8, 4) is 45.7 Å². The van der Waals surface area contributed by atoms with Crippen LogP contribution in [0.1, 0.15) is 32.7 Å². The number of hydrogen-bond acceptors (Lipinski definition) is 11. The molecule has 5 aromatic rings. The molecule has 1 fully saturated rings. The fourth-order valence-corrected chi connectivity index (χ4v) is 7.11. The van der Waals surface area contributed by atoms with E-state index in [0.717, 1.165) is 26.7 Å². The molecule has 13 heteroatoms. The van der Waals surface area contributed by atoms with E-state index < -0.39 is 29.6 Å². The van der Waals surface area contributed by atoms with Crippen LogP contribution < -0.4 is 19.1 Å². The lowest BCUT2D eigenvalue weighted by Gasteiger charge is -2.18. The number of Topliss-reactive ketones (excluding diaryl/α,β-unsaturated/α-hetero) is 1. The first-order valence-corrected chi connectivity index (χ1v) is 17.7. The fraction of sp³-hybridized carbons (Fsp3) is 0.150. The van der Waals surface area contributed by atoms with Gasteiger partial charge in [-0.25, -0.2) is 14.7 Å². The Morgan fingerprint density at radius 1 is 0.868 bits per heavy atom. The maximum absolute atomic E-state index is 13.8. The number of ether oxygens (including phenoxy) is 4. The molecule has 1 aliphatic heterocycles. The molecule has 4 aromatic carbocycles. The van der Waals surface area contributed by atoms with Crippen molar-refractivity contribution in [1.82, 2.24) is 4.98 Å². The number of amides is 2. The first kappa shape index (κ1) is 36.8. The molecule has 0 saturated carbocycles. The van der Waals surface area contributed by atoms with Gasteiger partial charge in [0, 0.05) is 27.6 Å². The third-order valence-electron chi connectivity index (χ3n) is 8.36. The van der Waals surface area contributed by atoms with Gasteiger partial charge in [-0.3, -0.25) is 14.4 Å². The van der Waals surface area contributed by atoms with E-state index in [1.807, 2.05) is 30.3 Å². The van der Waals surface area contributed by atoms with E-state index in [1.54, 1.807) is 42.5 Å². The summed E-state index contributed by atoms with van der Waals surface area (Å²) in [5.74, 6) is -0.886. The number of pyridine rings is 1. The number of methoxy groups -OCH3 is 3. The molecule has 1 unspecified atom stereocenters. The SMILES string of the molecule is COc1cc(-c2cc(-c3ccccc3)nc(SC3CC(=O)N(c4ccc(C(=O)OCC(=O)c5ccc(Br)cc5)cc4)C3=O)c2C#N)cc(OC)c1OC. The summed E-state index contributed by atoms with van der Waals surface area (Å²) in [4.78, 5) is 58.1. The molecule has 6 rings (SSSR count). The molecule has 266 valence electrons. The quantitative estimate of drug-likeness (QED) is 0.0702. The number of benzene rings is 4. The van der Waals surface area contributed by atoms with E-state index in [4.69, 9.17) is 23.9 Å². The van der Waals surface area contributed by atoms with Gasteiger partial charge in [0.15, 0.2) is 23.9 Å². The minimum Gasteiger partial charge on any atom is -0.493 e. The van der Waals surface area contributed by atoms with Gasteiger partial charge in [-0.1, -0.05) is 70.2 Å². The van der Waals surface area contributed by atoms with Gasteiger partial charge >= 0.3 is 5.97 Å². The molecule has 0 bridgehead atoms. The van der Waals surface area contributed by atoms with E-state index in [-0.39, 0.29) is 34.0 Å². The van der Waals surface area contributed by atoms with Gasteiger partial charge in [0.1, 0.15) is 11.1 Å². The van der Waals surface area contributed by atoms with Crippen molar-refractivity contribution < 1.29 is 38.1 Å². The number of anilines is 1. The number of hydrogen-bond donors (Lipinski definition) is 0. The van der Waals surface area contributed by atoms with Crippen LogP contribution in [0, 0.1) is 11.3 Å². The minimum atomic E-state index is -0.893. The van der Waals surface area contributed by atoms with Gasteiger partial charge in [-0.05, 0) is 60.2 Å². The predicted molar refractivity (Wildman–Crippen MR) is 201 cm³/mol. The zero-order valence-electron chi connectivity index (χ0n) is 28.6. The zero-order valence-corrected chi connectivity index (χ0v) is 31.0. The maximum atomic E-state index is 13.8. The fourth-order valence-electron chi connectivity index (χ4n) is 5.72. The summed E-state index contributed by atoms with van der Waals surface area (Å²) in [6.07, 6.45) is -0.146. The monoisotopic (exact) mass is 791 g/mol. The van der Waals surface area contributed by atoms with Crippen molar-refractivity contribution in [1.29, 1.82) is 5.26 Å². The third-order valence-corrected chi connectivity index (χ3v) is 10.1. The van der Waals surface area contributed by atoms with Crippen molar-refractivity contribution in [3.63, 3.8) is 0 Å². The molecule has 0 N–H and O–H groups in total. The molecule has 0 aliphatic carbocycles. The molecule has 2 heterocycles. The molecule has 1 aromatic heterocycles. The predicted octanol–water partition coefficient (Wildman–Crippen LogP) is 7.54. The summed E-state index contributed by atoms with van der Waals surface area (Å²) in [6.45, 7) is -0.449. The molecule has 1 saturated heterocycles. The number of carbonyl (C=O) groups is 4. The number of aromatic nitrogens is 1. The van der Waals surface area contributed by atoms with Crippen LogP contribution in [0.2, 0.25) is 0 Å². The van der Waals surface area contributed by atoms with Crippen LogP contribution in [0.3, 0.4) is 0 Å². The van der Waals surface area contributed by atoms with E-state index >= 15 is 0 Å². The molecular weight excluding hydrogens is 762 g/mol. The number of ketones is 1. The maximum Gasteiger partial charge on any atom is 0.338 e. The van der Waals surface area contributed by atoms with Crippen LogP contribution in [0.25, 0.3) is 22.4 Å². The van der Waals surface area contributed by atoms with Crippen LogP contribution in [0.15, 0.2) is 107 Å². The molecular formula is C40H30BrN3O8S. The Morgan fingerprint density at radius 2 is 1.51 bits per heavy atom. The Morgan fingerprint density at radius 3 is 2.11 bits per heavy atom. The first-order chi connectivity index (χ1) is 25.6. The Hall–Kier alpha value is -5.97. The number of carbonyl (C=O) groups excluding carboxylic acids is 4. The third kappa shape index (κ3) is 7.79. The Balaban J connectivity index is 1.26. The van der Waals surface area contributed by atoms with Crippen LogP contribution in [0.5, 0.6) is 17.2 Å². The van der Waals surface area contributed by atoms with E-state index in [0.29, 0.717) is 39.6 Å². The summed E-state index contributed by atoms with van der Waals surface area (Å²) in [7, 11) is 4.49. The second-order valence-corrected chi connectivity index (χ2v) is 13.7. The molecule has 2 amide bonds. The average Bonchev–Trinajstić information content (AvgIpc) is 3.47. The molecule has 0 spiro atoms. The molecule has 1 atom stereocenters. The highest BCUT2D eigenvalue weighted by atomic mass is 79.9. The van der Waals surface area contributed by atoms with E-state index in [1.165, 1.54) is 45.6 Å². The smallest absolute Gasteiger partial charge is 0.338 e. The Bertz CT molecular complexity index is 2230. The first-order valence-electron chi connectivity index (χ1n) is 16.1. The lowest BCUT2D eigenvalue weighted by atomic mass is 9.98. The summed E-state index contributed by atoms with van der Waals surface area (Å²) < 4.78 is 22.7. The van der Waals surface area contributed by atoms with E-state index in [9.17, 15) is 24.4 Å². The second kappa shape index (κ2) is 16.1. The lowest BCUT2D eigenvalue weighted by Crippen LogP contribution is -2.31. The standard InChI is InChI=1S/C40H30BrN3O8S/c1-49-33-17-26(18-34(50-2)37(33)51-3)29-19-31(23-7-5-4-6-8-23)43-38(30(29)21-42)53-35-20-36(46)44(39(35)47)28-15-11-25(12-16-28)40(48)52-22-32(45)24-9-13-27(41)14-10-24/h4-19,35H,20,22H2,1-3H3. The number of rotatable bonds is 12. The van der Waals surface area contributed by atoms with Crippen LogP contribution in [0.4, 0.5) is 5.69 Å². The summed E-state index contributed by atoms with van der Waals surface area (Å²) in [5, 5.41) is 9.87. The van der Waals surface area contributed by atoms with Gasteiger partial charge in [-0.15, -0.1) is 0 Å². The molecule has 53 heavy (non-hydrogen) atoms. The van der Waals surface area contributed by atoms with Crippen molar-refractivity contribution in [2.24, 2.45) is 0 Å². The van der Waals surface area contributed by atoms with Crippen LogP contribution in [-0.2, 0) is 14.3 Å². The summed E-state index contributed by atoms with van der Waals surface area (Å²) in [6, 6.07) is 29.3. The molecule has 11 nitrogen and oxygen atoms in total. The highest BCUT2D eigenvalue weighted by molar-refractivity contribution is 9.10. The van der Waals surface area contributed by atoms with Crippen LogP contribution in [-0.4, -0.2) is 61.7 Å². The van der Waals surface area contributed by atoms with Gasteiger partial charge in [0.25, 0.3) is 0 Å². The van der Waals surface area contributed by atoms with Gasteiger partial charge in [-0.2, -0.15) is 5.26 Å². The van der Waals surface area contributed by atoms with Gasteiger partial charge < -0.3 is 18.9 Å². The van der Waals surface area contributed by atoms with Crippen molar-refractivity contribution in [2.45, 2.75) is 16.7 Å². The molecule has 1 aliphatic rings. The number of esters is 1. The second-order valence-electron chi connectivity index (χ2n) is 11.6. The molecule has 0 radical (unpaired) electrons. The highest BCUT2D eigenvalue weighted by Gasteiger charge is 2.41. The number of halogens is 1. The van der Waals surface area contributed by atoms with Crippen molar-refractivity contribution in [3.05, 3.63) is 118 Å². The summed E-state index contributed by atoms with van der Waals surface area (Å²) in [5.41, 5.74) is 3.42. The largest absolute Gasteiger partial charge is 0.493 e. The average molecular weight is 793 g/mol. The number of nitriles is 1. The minimum absolute atomic E-state index is 0.141. The van der Waals surface area contributed by atoms with E-state index in [2.05, 4.69) is 22.0 Å². The van der Waals surface area contributed by atoms with Gasteiger partial charge in [0.05, 0.1) is 49.1 Å². The number of nitrogens with zero attached hydrogens (tertiary/aromatic N) is 3. The number of imide groups is 1. The lowest BCUT2D eigenvalue weighted by molar-refractivity contribution is -0.121. The summed E-state index contributed by atoms with van der Waals surface area (Å²) >= 11 is 4.35. The zero-order chi connectivity index (χ0) is 37.6. The van der Waals surface area contributed by atoms with Crippen molar-refractivity contribution in [2.75, 3.05) is 32.8 Å². The Kier molecular flexibility index (Phi) is 11.2. The van der Waals surface area contributed by atoms with Gasteiger partial charge in [0.2, 0.25) is 17.6 Å². The normalized spacial score (nSPS) is 13.7. The topological polar surface area (TPSA) is 145 Å². The number of thioether (sulfide) groups is 1. The highest BCUT2D eigenvalue weighted by Crippen LogP contribution is 2.44.